The van der Waals surface area contributed by atoms with Crippen LogP contribution >= 0.6 is 0 Å². The average molecular weight is 335 g/mol. The third-order valence-corrected chi connectivity index (χ3v) is 4.89. The van der Waals surface area contributed by atoms with Crippen molar-refractivity contribution in [3.8, 4) is 0 Å². The predicted octanol–water partition coefficient (Wildman–Crippen LogP) is 3.50. The van der Waals surface area contributed by atoms with E-state index in [1.165, 1.54) is 16.9 Å². The fourth-order valence-electron chi connectivity index (χ4n) is 3.54. The van der Waals surface area contributed by atoms with Gasteiger partial charge in [0.05, 0.1) is 30.8 Å². The molecule has 0 saturated carbocycles. The molecule has 0 spiro atoms. The lowest BCUT2D eigenvalue weighted by Crippen LogP contribution is -2.36. The summed E-state index contributed by atoms with van der Waals surface area (Å²) in [7, 11) is 0. The Morgan fingerprint density at radius 1 is 0.920 bits per heavy atom. The van der Waals surface area contributed by atoms with Gasteiger partial charge in [-0.3, -0.25) is 4.90 Å². The first kappa shape index (κ1) is 16.3. The van der Waals surface area contributed by atoms with Gasteiger partial charge in [-0.15, -0.1) is 0 Å². The van der Waals surface area contributed by atoms with Crippen LogP contribution in [0.2, 0.25) is 0 Å². The lowest BCUT2D eigenvalue weighted by atomic mass is 10.1. The van der Waals surface area contributed by atoms with Crippen molar-refractivity contribution in [3.63, 3.8) is 0 Å². The summed E-state index contributed by atoms with van der Waals surface area (Å²) in [5.74, 6) is 1.18. The molecule has 0 N–H and O–H groups in total. The van der Waals surface area contributed by atoms with E-state index in [1.807, 2.05) is 0 Å². The summed E-state index contributed by atoms with van der Waals surface area (Å²) in [6, 6.07) is 19.2. The first-order chi connectivity index (χ1) is 12.4. The van der Waals surface area contributed by atoms with E-state index in [0.29, 0.717) is 0 Å². The van der Waals surface area contributed by atoms with Crippen LogP contribution in [0.1, 0.15) is 17.8 Å². The molecule has 0 amide bonds. The van der Waals surface area contributed by atoms with E-state index in [0.717, 1.165) is 57.8 Å². The second-order valence-corrected chi connectivity index (χ2v) is 6.65. The maximum absolute atomic E-state index is 5.47. The van der Waals surface area contributed by atoms with E-state index in [4.69, 9.17) is 9.72 Å². The van der Waals surface area contributed by atoms with Crippen molar-refractivity contribution in [2.75, 3.05) is 26.3 Å². The van der Waals surface area contributed by atoms with Gasteiger partial charge in [0.2, 0.25) is 0 Å². The van der Waals surface area contributed by atoms with Crippen LogP contribution in [-0.2, 0) is 24.2 Å². The summed E-state index contributed by atoms with van der Waals surface area (Å²) >= 11 is 0. The number of imidazole rings is 1. The van der Waals surface area contributed by atoms with Crippen LogP contribution in [-0.4, -0.2) is 40.8 Å². The van der Waals surface area contributed by atoms with Gasteiger partial charge >= 0.3 is 0 Å². The second-order valence-electron chi connectivity index (χ2n) is 6.65. The van der Waals surface area contributed by atoms with Crippen molar-refractivity contribution in [1.29, 1.82) is 0 Å². The fourth-order valence-corrected chi connectivity index (χ4v) is 3.54. The smallest absolute Gasteiger partial charge is 0.124 e. The van der Waals surface area contributed by atoms with Gasteiger partial charge in [0, 0.05) is 19.6 Å². The number of aromatic nitrogens is 2. The van der Waals surface area contributed by atoms with E-state index in [1.54, 1.807) is 0 Å². The molecule has 0 unspecified atom stereocenters. The van der Waals surface area contributed by atoms with E-state index in [-0.39, 0.29) is 0 Å². The molecule has 0 radical (unpaired) electrons. The van der Waals surface area contributed by atoms with Crippen molar-refractivity contribution < 1.29 is 4.74 Å². The highest BCUT2D eigenvalue weighted by Gasteiger charge is 2.16. The summed E-state index contributed by atoms with van der Waals surface area (Å²) in [5.41, 5.74) is 3.76. The highest BCUT2D eigenvalue weighted by Crippen LogP contribution is 2.19. The Morgan fingerprint density at radius 3 is 2.52 bits per heavy atom. The Hall–Kier alpha value is -2.17. The third-order valence-electron chi connectivity index (χ3n) is 4.89. The van der Waals surface area contributed by atoms with Gasteiger partial charge in [-0.05, 0) is 30.5 Å². The number of benzene rings is 2. The van der Waals surface area contributed by atoms with Crippen molar-refractivity contribution >= 4 is 11.0 Å². The Labute approximate surface area is 149 Å². The van der Waals surface area contributed by atoms with Gasteiger partial charge in [-0.2, -0.15) is 0 Å². The predicted molar refractivity (Wildman–Crippen MR) is 101 cm³/mol. The molecule has 1 aliphatic rings. The number of hydrogen-bond donors (Lipinski definition) is 0. The molecule has 1 aliphatic heterocycles. The van der Waals surface area contributed by atoms with E-state index in [2.05, 4.69) is 64.1 Å². The number of morpholine rings is 1. The van der Waals surface area contributed by atoms with Crippen LogP contribution in [0.4, 0.5) is 0 Å². The highest BCUT2D eigenvalue weighted by atomic mass is 16.5. The van der Waals surface area contributed by atoms with Crippen LogP contribution < -0.4 is 0 Å². The second kappa shape index (κ2) is 7.81. The minimum absolute atomic E-state index is 0.828. The van der Waals surface area contributed by atoms with Crippen molar-refractivity contribution in [1.82, 2.24) is 14.5 Å². The van der Waals surface area contributed by atoms with Crippen molar-refractivity contribution in [2.24, 2.45) is 0 Å². The molecular formula is C21H25N3O. The molecule has 4 nitrogen and oxygen atoms in total. The number of nitrogens with zero attached hydrogens (tertiary/aromatic N) is 3. The molecule has 1 saturated heterocycles. The van der Waals surface area contributed by atoms with Crippen molar-refractivity contribution in [3.05, 3.63) is 66.0 Å². The first-order valence-corrected chi connectivity index (χ1v) is 9.18. The number of aryl methyl sites for hydroxylation is 2. The molecular weight excluding hydrogens is 310 g/mol. The molecule has 4 heteroatoms. The molecule has 0 atom stereocenters. The zero-order valence-electron chi connectivity index (χ0n) is 14.6. The molecule has 0 bridgehead atoms. The summed E-state index contributed by atoms with van der Waals surface area (Å²) < 4.78 is 7.88. The minimum atomic E-state index is 0.828. The molecule has 2 aromatic carbocycles. The van der Waals surface area contributed by atoms with Crippen molar-refractivity contribution in [2.45, 2.75) is 25.9 Å². The van der Waals surface area contributed by atoms with Crippen LogP contribution in [0.25, 0.3) is 11.0 Å². The molecule has 3 aromatic rings. The molecule has 1 fully saturated rings. The number of rotatable bonds is 6. The lowest BCUT2D eigenvalue weighted by Gasteiger charge is -2.26. The Kier molecular flexibility index (Phi) is 5.09. The lowest BCUT2D eigenvalue weighted by molar-refractivity contribution is 0.0326. The fraction of sp³-hybridized carbons (Fsp3) is 0.381. The van der Waals surface area contributed by atoms with Gasteiger partial charge in [0.25, 0.3) is 0 Å². The summed E-state index contributed by atoms with van der Waals surface area (Å²) in [6.07, 6.45) is 2.23. The zero-order chi connectivity index (χ0) is 16.9. The average Bonchev–Trinajstić information content (AvgIpc) is 3.01. The van der Waals surface area contributed by atoms with Gasteiger partial charge in [-0.25, -0.2) is 4.98 Å². The zero-order valence-corrected chi connectivity index (χ0v) is 14.6. The molecule has 4 rings (SSSR count). The molecule has 0 aliphatic carbocycles. The maximum atomic E-state index is 5.47. The Bertz CT molecular complexity index is 806. The summed E-state index contributed by atoms with van der Waals surface area (Å²) in [6.45, 7) is 5.56. The highest BCUT2D eigenvalue weighted by molar-refractivity contribution is 5.75. The van der Waals surface area contributed by atoms with Crippen LogP contribution in [0.3, 0.4) is 0 Å². The SMILES string of the molecule is c1ccc(CCCn2c(CN3CCOCC3)nc3ccccc32)cc1. The topological polar surface area (TPSA) is 30.3 Å². The Balaban J connectivity index is 1.51. The Morgan fingerprint density at radius 2 is 1.68 bits per heavy atom. The van der Waals surface area contributed by atoms with E-state index < -0.39 is 0 Å². The van der Waals surface area contributed by atoms with Crippen LogP contribution in [0.15, 0.2) is 54.6 Å². The van der Waals surface area contributed by atoms with Gasteiger partial charge in [0.1, 0.15) is 5.82 Å². The summed E-state index contributed by atoms with van der Waals surface area (Å²) in [5, 5.41) is 0. The van der Waals surface area contributed by atoms with E-state index in [9.17, 15) is 0 Å². The normalized spacial score (nSPS) is 15.7. The van der Waals surface area contributed by atoms with E-state index >= 15 is 0 Å². The van der Waals surface area contributed by atoms with Gasteiger partial charge in [-0.1, -0.05) is 42.5 Å². The standard InChI is InChI=1S/C21H25N3O/c1-2-7-18(8-3-1)9-6-12-24-20-11-5-4-10-19(20)22-21(24)17-23-13-15-25-16-14-23/h1-5,7-8,10-11H,6,9,12-17H2. The molecule has 25 heavy (non-hydrogen) atoms. The number of hydrogen-bond acceptors (Lipinski definition) is 3. The van der Waals surface area contributed by atoms with Crippen LogP contribution in [0, 0.1) is 0 Å². The van der Waals surface area contributed by atoms with Crippen LogP contribution in [0.5, 0.6) is 0 Å². The number of para-hydroxylation sites is 2. The number of fused-ring (bicyclic) bond motifs is 1. The minimum Gasteiger partial charge on any atom is -0.379 e. The quantitative estimate of drug-likeness (QED) is 0.691. The molecule has 2 heterocycles. The molecule has 130 valence electrons. The maximum Gasteiger partial charge on any atom is 0.124 e. The molecule has 1 aromatic heterocycles. The monoisotopic (exact) mass is 335 g/mol. The third kappa shape index (κ3) is 3.91. The first-order valence-electron chi connectivity index (χ1n) is 9.18. The van der Waals surface area contributed by atoms with Gasteiger partial charge in [0.15, 0.2) is 0 Å². The largest absolute Gasteiger partial charge is 0.379 e. The van der Waals surface area contributed by atoms with Gasteiger partial charge < -0.3 is 9.30 Å². The summed E-state index contributed by atoms with van der Waals surface area (Å²) in [4.78, 5) is 7.36. The number of ether oxygens (including phenoxy) is 1.